The van der Waals surface area contributed by atoms with E-state index in [0.29, 0.717) is 25.6 Å². The van der Waals surface area contributed by atoms with Gasteiger partial charge >= 0.3 is 5.97 Å². The van der Waals surface area contributed by atoms with Crippen LogP contribution in [0.4, 0.5) is 4.39 Å². The van der Waals surface area contributed by atoms with Crippen molar-refractivity contribution in [1.29, 1.82) is 0 Å². The average Bonchev–Trinajstić information content (AvgIpc) is 2.46. The summed E-state index contributed by atoms with van der Waals surface area (Å²) < 4.78 is 17.8. The molecule has 0 saturated heterocycles. The molecule has 21 heavy (non-hydrogen) atoms. The van der Waals surface area contributed by atoms with Gasteiger partial charge in [-0.1, -0.05) is 12.1 Å². The second kappa shape index (κ2) is 8.94. The van der Waals surface area contributed by atoms with E-state index in [1.54, 1.807) is 6.07 Å². The van der Waals surface area contributed by atoms with Crippen LogP contribution in [-0.4, -0.2) is 44.1 Å². The fourth-order valence-electron chi connectivity index (χ4n) is 1.81. The van der Waals surface area contributed by atoms with Gasteiger partial charge < -0.3 is 15.0 Å². The number of carbonyl (C=O) groups is 1. The Morgan fingerprint density at radius 1 is 1.48 bits per heavy atom. The SMILES string of the molecule is CCNC(=NCCC(=O)OC)N(C)Cc1cccc(F)c1. The number of nitrogens with one attached hydrogen (secondary N) is 1. The molecule has 1 N–H and O–H groups in total. The smallest absolute Gasteiger partial charge is 0.307 e. The lowest BCUT2D eigenvalue weighted by molar-refractivity contribution is -0.140. The Morgan fingerprint density at radius 3 is 2.86 bits per heavy atom. The summed E-state index contributed by atoms with van der Waals surface area (Å²) in [6.45, 7) is 3.56. The fraction of sp³-hybridized carbons (Fsp3) is 0.467. The quantitative estimate of drug-likeness (QED) is 0.494. The van der Waals surface area contributed by atoms with Crippen LogP contribution in [0.1, 0.15) is 18.9 Å². The standard InChI is InChI=1S/C15H22FN3O2/c1-4-17-15(18-9-8-14(20)21-3)19(2)11-12-6-5-7-13(16)10-12/h5-7,10H,4,8-9,11H2,1-3H3,(H,17,18). The van der Waals surface area contributed by atoms with Crippen molar-refractivity contribution in [3.63, 3.8) is 0 Å². The molecule has 0 atom stereocenters. The van der Waals surface area contributed by atoms with E-state index < -0.39 is 0 Å². The lowest BCUT2D eigenvalue weighted by Gasteiger charge is -2.22. The van der Waals surface area contributed by atoms with Gasteiger partial charge in [-0.2, -0.15) is 0 Å². The number of ether oxygens (including phenoxy) is 1. The summed E-state index contributed by atoms with van der Waals surface area (Å²) in [6, 6.07) is 6.45. The first-order chi connectivity index (χ1) is 10.1. The van der Waals surface area contributed by atoms with Crippen LogP contribution in [0, 0.1) is 5.82 Å². The number of hydrogen-bond donors (Lipinski definition) is 1. The molecule has 5 nitrogen and oxygen atoms in total. The first kappa shape index (κ1) is 16.9. The van der Waals surface area contributed by atoms with Gasteiger partial charge in [-0.25, -0.2) is 4.39 Å². The van der Waals surface area contributed by atoms with Gasteiger partial charge in [0.1, 0.15) is 5.82 Å². The Bertz CT molecular complexity index is 492. The number of halogens is 1. The molecule has 1 aromatic rings. The van der Waals surface area contributed by atoms with Gasteiger partial charge in [-0.15, -0.1) is 0 Å². The summed E-state index contributed by atoms with van der Waals surface area (Å²) in [5.41, 5.74) is 0.857. The molecule has 0 radical (unpaired) electrons. The normalized spacial score (nSPS) is 11.1. The van der Waals surface area contributed by atoms with Crippen LogP contribution in [0.3, 0.4) is 0 Å². The van der Waals surface area contributed by atoms with Crippen molar-refractivity contribution >= 4 is 11.9 Å². The summed E-state index contributed by atoms with van der Waals surface area (Å²) in [4.78, 5) is 17.3. The number of methoxy groups -OCH3 is 1. The molecule has 1 rings (SSSR count). The molecule has 116 valence electrons. The zero-order valence-corrected chi connectivity index (χ0v) is 12.7. The summed E-state index contributed by atoms with van der Waals surface area (Å²) >= 11 is 0. The first-order valence-corrected chi connectivity index (χ1v) is 6.87. The molecular weight excluding hydrogens is 273 g/mol. The van der Waals surface area contributed by atoms with E-state index >= 15 is 0 Å². The molecule has 1 aromatic carbocycles. The minimum Gasteiger partial charge on any atom is -0.469 e. The molecule has 0 aliphatic rings. The van der Waals surface area contributed by atoms with Crippen LogP contribution in [0.15, 0.2) is 29.3 Å². The molecule has 0 bridgehead atoms. The molecular formula is C15H22FN3O2. The Hall–Kier alpha value is -2.11. The molecule has 0 amide bonds. The highest BCUT2D eigenvalue weighted by molar-refractivity contribution is 5.80. The Balaban J connectivity index is 2.65. The number of nitrogens with zero attached hydrogens (tertiary/aromatic N) is 2. The number of esters is 1. The highest BCUT2D eigenvalue weighted by atomic mass is 19.1. The van der Waals surface area contributed by atoms with Crippen LogP contribution < -0.4 is 5.32 Å². The molecule has 6 heteroatoms. The van der Waals surface area contributed by atoms with E-state index in [1.165, 1.54) is 19.2 Å². The van der Waals surface area contributed by atoms with Gasteiger partial charge in [0.05, 0.1) is 20.1 Å². The fourth-order valence-corrected chi connectivity index (χ4v) is 1.81. The van der Waals surface area contributed by atoms with E-state index in [2.05, 4.69) is 15.0 Å². The van der Waals surface area contributed by atoms with E-state index in [4.69, 9.17) is 0 Å². The zero-order chi connectivity index (χ0) is 15.7. The van der Waals surface area contributed by atoms with Crippen LogP contribution in [-0.2, 0) is 16.1 Å². The maximum Gasteiger partial charge on any atom is 0.307 e. The average molecular weight is 295 g/mol. The minimum absolute atomic E-state index is 0.235. The predicted molar refractivity (Wildman–Crippen MR) is 80.5 cm³/mol. The molecule has 0 fully saturated rings. The van der Waals surface area contributed by atoms with E-state index in [-0.39, 0.29) is 18.2 Å². The topological polar surface area (TPSA) is 53.9 Å². The first-order valence-electron chi connectivity index (χ1n) is 6.87. The lowest BCUT2D eigenvalue weighted by Crippen LogP contribution is -2.38. The van der Waals surface area contributed by atoms with Gasteiger partial charge in [-0.05, 0) is 24.6 Å². The van der Waals surface area contributed by atoms with Crippen molar-refractivity contribution in [2.75, 3.05) is 27.2 Å². The van der Waals surface area contributed by atoms with Crippen LogP contribution in [0.2, 0.25) is 0 Å². The summed E-state index contributed by atoms with van der Waals surface area (Å²) in [5, 5.41) is 3.14. The number of rotatable bonds is 6. The lowest BCUT2D eigenvalue weighted by atomic mass is 10.2. The van der Waals surface area contributed by atoms with E-state index in [1.807, 2.05) is 24.9 Å². The third kappa shape index (κ3) is 6.25. The van der Waals surface area contributed by atoms with Gasteiger partial charge in [0.25, 0.3) is 0 Å². The van der Waals surface area contributed by atoms with Crippen LogP contribution >= 0.6 is 0 Å². The highest BCUT2D eigenvalue weighted by Gasteiger charge is 2.07. The molecule has 0 aromatic heterocycles. The number of carbonyl (C=O) groups excluding carboxylic acids is 1. The van der Waals surface area contributed by atoms with Crippen molar-refractivity contribution in [2.45, 2.75) is 19.9 Å². The van der Waals surface area contributed by atoms with Crippen molar-refractivity contribution in [3.8, 4) is 0 Å². The van der Waals surface area contributed by atoms with Gasteiger partial charge in [0.15, 0.2) is 5.96 Å². The highest BCUT2D eigenvalue weighted by Crippen LogP contribution is 2.06. The maximum absolute atomic E-state index is 13.2. The van der Waals surface area contributed by atoms with Crippen LogP contribution in [0.25, 0.3) is 0 Å². The molecule has 0 aliphatic heterocycles. The molecule has 0 heterocycles. The Morgan fingerprint density at radius 2 is 2.24 bits per heavy atom. The van der Waals surface area contributed by atoms with Crippen molar-refractivity contribution < 1.29 is 13.9 Å². The monoisotopic (exact) mass is 295 g/mol. The summed E-state index contributed by atoms with van der Waals surface area (Å²) in [6.07, 6.45) is 0.235. The minimum atomic E-state index is -0.289. The third-order valence-corrected chi connectivity index (χ3v) is 2.81. The third-order valence-electron chi connectivity index (χ3n) is 2.81. The predicted octanol–water partition coefficient (Wildman–Crippen LogP) is 1.79. The summed E-state index contributed by atoms with van der Waals surface area (Å²) in [7, 11) is 3.22. The Kier molecular flexibility index (Phi) is 7.21. The van der Waals surface area contributed by atoms with E-state index in [9.17, 15) is 9.18 Å². The molecule has 0 aliphatic carbocycles. The van der Waals surface area contributed by atoms with Crippen LogP contribution in [0.5, 0.6) is 0 Å². The van der Waals surface area contributed by atoms with Gasteiger partial charge in [-0.3, -0.25) is 9.79 Å². The molecule has 0 spiro atoms. The van der Waals surface area contributed by atoms with Crippen molar-refractivity contribution in [2.24, 2.45) is 4.99 Å². The number of aliphatic imine (C=N–C) groups is 1. The zero-order valence-electron chi connectivity index (χ0n) is 12.7. The van der Waals surface area contributed by atoms with Crippen molar-refractivity contribution in [1.82, 2.24) is 10.2 Å². The van der Waals surface area contributed by atoms with E-state index in [0.717, 1.165) is 5.56 Å². The Labute approximate surface area is 124 Å². The second-order valence-electron chi connectivity index (χ2n) is 4.55. The number of benzene rings is 1. The van der Waals surface area contributed by atoms with Gasteiger partial charge in [0, 0.05) is 20.1 Å². The number of guanidine groups is 1. The van der Waals surface area contributed by atoms with Gasteiger partial charge in [0.2, 0.25) is 0 Å². The maximum atomic E-state index is 13.2. The molecule has 0 unspecified atom stereocenters. The summed E-state index contributed by atoms with van der Waals surface area (Å²) in [5.74, 6) is 0.126. The van der Waals surface area contributed by atoms with Crippen molar-refractivity contribution in [3.05, 3.63) is 35.6 Å². The molecule has 0 saturated carbocycles. The number of hydrogen-bond acceptors (Lipinski definition) is 3. The largest absolute Gasteiger partial charge is 0.469 e. The second-order valence-corrected chi connectivity index (χ2v) is 4.55.